The Hall–Kier alpha value is -0.530. The highest BCUT2D eigenvalue weighted by molar-refractivity contribution is 5.73. The Morgan fingerprint density at radius 3 is 2.62 bits per heavy atom. The van der Waals surface area contributed by atoms with Gasteiger partial charge < -0.3 is 4.74 Å². The van der Waals surface area contributed by atoms with Crippen molar-refractivity contribution in [3.63, 3.8) is 0 Å². The van der Waals surface area contributed by atoms with Crippen molar-refractivity contribution in [2.75, 3.05) is 0 Å². The van der Waals surface area contributed by atoms with E-state index in [1.54, 1.807) is 0 Å². The van der Waals surface area contributed by atoms with Gasteiger partial charge in [-0.05, 0) is 31.6 Å². The smallest absolute Gasteiger partial charge is 0.306 e. The summed E-state index contributed by atoms with van der Waals surface area (Å²) in [5.41, 5.74) is 0.123. The van der Waals surface area contributed by atoms with Crippen LogP contribution in [0.3, 0.4) is 0 Å². The van der Waals surface area contributed by atoms with Gasteiger partial charge in [-0.2, -0.15) is 0 Å². The topological polar surface area (TPSA) is 26.3 Å². The molecule has 0 amide bonds. The standard InChI is InChI=1S/C11H18O2/c1-10(2)5-4-6-11(3)8(10)7-9(12)13-11/h8H,4-7H2,1-3H3/t8-,11+/m1/s1. The van der Waals surface area contributed by atoms with E-state index in [9.17, 15) is 4.79 Å². The number of rotatable bonds is 0. The zero-order valence-electron chi connectivity index (χ0n) is 8.72. The molecule has 2 nitrogen and oxygen atoms in total. The highest BCUT2D eigenvalue weighted by Crippen LogP contribution is 2.52. The molecular weight excluding hydrogens is 164 g/mol. The van der Waals surface area contributed by atoms with E-state index < -0.39 is 0 Å². The van der Waals surface area contributed by atoms with E-state index in [1.807, 2.05) is 0 Å². The molecule has 2 atom stereocenters. The first-order valence-corrected chi connectivity index (χ1v) is 5.16. The predicted octanol–water partition coefficient (Wildman–Crippen LogP) is 2.52. The van der Waals surface area contributed by atoms with Crippen LogP contribution in [0.15, 0.2) is 0 Å². The van der Waals surface area contributed by atoms with Crippen molar-refractivity contribution in [2.45, 2.75) is 52.1 Å². The second-order valence-corrected chi connectivity index (χ2v) is 5.39. The van der Waals surface area contributed by atoms with Gasteiger partial charge in [-0.25, -0.2) is 0 Å². The van der Waals surface area contributed by atoms with Gasteiger partial charge in [0.2, 0.25) is 0 Å². The van der Waals surface area contributed by atoms with Crippen LogP contribution in [0.2, 0.25) is 0 Å². The van der Waals surface area contributed by atoms with Crippen molar-refractivity contribution in [2.24, 2.45) is 11.3 Å². The molecule has 1 aliphatic heterocycles. The maximum atomic E-state index is 11.3. The van der Waals surface area contributed by atoms with Gasteiger partial charge in [0.05, 0.1) is 6.42 Å². The minimum Gasteiger partial charge on any atom is -0.459 e. The van der Waals surface area contributed by atoms with E-state index in [0.717, 1.165) is 6.42 Å². The summed E-state index contributed by atoms with van der Waals surface area (Å²) in [7, 11) is 0. The summed E-state index contributed by atoms with van der Waals surface area (Å²) in [6, 6.07) is 0. The molecule has 2 rings (SSSR count). The van der Waals surface area contributed by atoms with Gasteiger partial charge in [0.1, 0.15) is 5.60 Å². The lowest BCUT2D eigenvalue weighted by molar-refractivity contribution is -0.151. The Morgan fingerprint density at radius 2 is 2.00 bits per heavy atom. The summed E-state index contributed by atoms with van der Waals surface area (Å²) >= 11 is 0. The Bertz CT molecular complexity index is 244. The van der Waals surface area contributed by atoms with Crippen LogP contribution in [0.1, 0.15) is 46.5 Å². The second-order valence-electron chi connectivity index (χ2n) is 5.39. The van der Waals surface area contributed by atoms with Crippen LogP contribution in [0.25, 0.3) is 0 Å². The van der Waals surface area contributed by atoms with Crippen LogP contribution in [0.5, 0.6) is 0 Å². The van der Waals surface area contributed by atoms with Crippen LogP contribution in [0.4, 0.5) is 0 Å². The fraction of sp³-hybridized carbons (Fsp3) is 0.909. The lowest BCUT2D eigenvalue weighted by atomic mass is 9.62. The third-order valence-electron chi connectivity index (χ3n) is 3.89. The Kier molecular flexibility index (Phi) is 1.73. The summed E-state index contributed by atoms with van der Waals surface area (Å²) < 4.78 is 5.45. The molecule has 0 aromatic carbocycles. The molecule has 0 aromatic heterocycles. The van der Waals surface area contributed by atoms with Crippen LogP contribution in [-0.2, 0) is 9.53 Å². The third-order valence-corrected chi connectivity index (χ3v) is 3.89. The predicted molar refractivity (Wildman–Crippen MR) is 50.2 cm³/mol. The third kappa shape index (κ3) is 1.27. The summed E-state index contributed by atoms with van der Waals surface area (Å²) in [6.07, 6.45) is 4.09. The number of carbonyl (C=O) groups excluding carboxylic acids is 1. The normalized spacial score (nSPS) is 42.7. The molecule has 1 saturated carbocycles. The first kappa shape index (κ1) is 9.04. The van der Waals surface area contributed by atoms with Crippen molar-refractivity contribution in [1.82, 2.24) is 0 Å². The highest BCUT2D eigenvalue weighted by Gasteiger charge is 2.54. The number of hydrogen-bond acceptors (Lipinski definition) is 2. The van der Waals surface area contributed by atoms with Gasteiger partial charge in [-0.15, -0.1) is 0 Å². The number of esters is 1. The minimum atomic E-state index is -0.154. The quantitative estimate of drug-likeness (QED) is 0.538. The molecule has 0 radical (unpaired) electrons. The van der Waals surface area contributed by atoms with Crippen LogP contribution in [-0.4, -0.2) is 11.6 Å². The Morgan fingerprint density at radius 1 is 1.31 bits per heavy atom. The molecule has 1 aliphatic carbocycles. The molecule has 0 unspecified atom stereocenters. The number of ether oxygens (including phenoxy) is 1. The molecular formula is C11H18O2. The zero-order valence-corrected chi connectivity index (χ0v) is 8.72. The Balaban J connectivity index is 2.30. The van der Waals surface area contributed by atoms with Crippen molar-refractivity contribution in [1.29, 1.82) is 0 Å². The molecule has 0 aromatic rings. The summed E-state index contributed by atoms with van der Waals surface area (Å²) in [5.74, 6) is 0.434. The lowest BCUT2D eigenvalue weighted by Gasteiger charge is -2.44. The van der Waals surface area contributed by atoms with E-state index in [2.05, 4.69) is 20.8 Å². The van der Waals surface area contributed by atoms with Crippen LogP contribution < -0.4 is 0 Å². The summed E-state index contributed by atoms with van der Waals surface area (Å²) in [4.78, 5) is 11.3. The minimum absolute atomic E-state index is 0.00229. The van der Waals surface area contributed by atoms with Gasteiger partial charge in [0, 0.05) is 5.92 Å². The van der Waals surface area contributed by atoms with Gasteiger partial charge >= 0.3 is 5.97 Å². The zero-order chi connectivity index (χ0) is 9.69. The molecule has 2 heteroatoms. The van der Waals surface area contributed by atoms with Crippen molar-refractivity contribution < 1.29 is 9.53 Å². The molecule has 2 fully saturated rings. The summed E-state index contributed by atoms with van der Waals surface area (Å²) in [5, 5.41) is 0. The van der Waals surface area contributed by atoms with Gasteiger partial charge in [0.15, 0.2) is 0 Å². The molecule has 1 heterocycles. The fourth-order valence-electron chi connectivity index (χ4n) is 3.15. The van der Waals surface area contributed by atoms with Crippen molar-refractivity contribution >= 4 is 5.97 Å². The average Bonchev–Trinajstić information content (AvgIpc) is 2.25. The maximum Gasteiger partial charge on any atom is 0.306 e. The number of carbonyl (C=O) groups is 1. The van der Waals surface area contributed by atoms with Crippen LogP contribution >= 0.6 is 0 Å². The SMILES string of the molecule is CC1(C)CCC[C@]2(C)OC(=O)C[C@H]12. The second kappa shape index (κ2) is 2.49. The van der Waals surface area contributed by atoms with Crippen molar-refractivity contribution in [3.05, 3.63) is 0 Å². The molecule has 0 spiro atoms. The molecule has 0 N–H and O–H groups in total. The number of hydrogen-bond donors (Lipinski definition) is 0. The Labute approximate surface area is 79.7 Å². The molecule has 74 valence electrons. The maximum absolute atomic E-state index is 11.3. The average molecular weight is 182 g/mol. The first-order valence-electron chi connectivity index (χ1n) is 5.16. The van der Waals surface area contributed by atoms with Crippen molar-refractivity contribution in [3.8, 4) is 0 Å². The van der Waals surface area contributed by atoms with E-state index in [-0.39, 0.29) is 17.0 Å². The first-order chi connectivity index (χ1) is 5.94. The lowest BCUT2D eigenvalue weighted by Crippen LogP contribution is -2.44. The molecule has 1 saturated heterocycles. The molecule has 2 aliphatic rings. The fourth-order valence-corrected chi connectivity index (χ4v) is 3.15. The van der Waals surface area contributed by atoms with E-state index in [1.165, 1.54) is 12.8 Å². The largest absolute Gasteiger partial charge is 0.459 e. The highest BCUT2D eigenvalue weighted by atomic mass is 16.6. The molecule has 0 bridgehead atoms. The van der Waals surface area contributed by atoms with E-state index in [4.69, 9.17) is 4.74 Å². The summed E-state index contributed by atoms with van der Waals surface area (Å²) in [6.45, 7) is 6.62. The van der Waals surface area contributed by atoms with Gasteiger partial charge in [0.25, 0.3) is 0 Å². The van der Waals surface area contributed by atoms with E-state index in [0.29, 0.717) is 12.3 Å². The van der Waals surface area contributed by atoms with Gasteiger partial charge in [-0.1, -0.05) is 13.8 Å². The van der Waals surface area contributed by atoms with Gasteiger partial charge in [-0.3, -0.25) is 4.79 Å². The van der Waals surface area contributed by atoms with E-state index >= 15 is 0 Å². The van der Waals surface area contributed by atoms with Crippen LogP contribution in [0, 0.1) is 11.3 Å². The molecule has 13 heavy (non-hydrogen) atoms. The monoisotopic (exact) mass is 182 g/mol. The number of fused-ring (bicyclic) bond motifs is 1.